The molecule has 2 aromatic heterocycles. The topological polar surface area (TPSA) is 30.7 Å². The van der Waals surface area contributed by atoms with Crippen molar-refractivity contribution in [3.05, 3.63) is 60.6 Å². The van der Waals surface area contributed by atoms with Gasteiger partial charge in [-0.05, 0) is 36.3 Å². The predicted octanol–water partition coefficient (Wildman–Crippen LogP) is 4.09. The maximum absolute atomic E-state index is 4.70. The number of fused-ring (bicyclic) bond motifs is 1. The molecule has 3 heteroatoms. The minimum atomic E-state index is 0.493. The molecule has 1 aromatic carbocycles. The fourth-order valence-corrected chi connectivity index (χ4v) is 2.16. The lowest BCUT2D eigenvalue weighted by Gasteiger charge is -2.05. The lowest BCUT2D eigenvalue weighted by Crippen LogP contribution is -1.99. The van der Waals surface area contributed by atoms with Gasteiger partial charge >= 0.3 is 0 Å². The van der Waals surface area contributed by atoms with Gasteiger partial charge in [-0.1, -0.05) is 38.1 Å². The van der Waals surface area contributed by atoms with Crippen LogP contribution in [0, 0.1) is 5.92 Å². The molecule has 0 aliphatic heterocycles. The van der Waals surface area contributed by atoms with Crippen molar-refractivity contribution >= 4 is 17.1 Å². The summed E-state index contributed by atoms with van der Waals surface area (Å²) in [5.74, 6) is 2.30. The number of benzene rings is 1. The molecule has 3 nitrogen and oxygen atoms in total. The van der Waals surface area contributed by atoms with Gasteiger partial charge in [0.15, 0.2) is 0 Å². The second kappa shape index (κ2) is 5.29. The fourth-order valence-electron chi connectivity index (χ4n) is 2.16. The van der Waals surface area contributed by atoms with E-state index in [-0.39, 0.29) is 0 Å². The molecule has 0 N–H and O–H groups in total. The van der Waals surface area contributed by atoms with E-state index >= 15 is 0 Å². The molecule has 0 unspecified atom stereocenters. The Hall–Kier alpha value is -2.42. The van der Waals surface area contributed by atoms with Gasteiger partial charge < -0.3 is 0 Å². The standard InChI is InChI=1S/C17H17N3/c1-13(2)10-11-17-19-14-7-3-4-8-15(14)20(17)16-9-5-6-12-18-16/h3-13H,1-2H3/b11-10+. The molecule has 0 bridgehead atoms. The van der Waals surface area contributed by atoms with E-state index in [2.05, 4.69) is 41.6 Å². The van der Waals surface area contributed by atoms with Crippen LogP contribution in [-0.4, -0.2) is 14.5 Å². The fraction of sp³-hybridized carbons (Fsp3) is 0.176. The Morgan fingerprint density at radius 1 is 1.05 bits per heavy atom. The molecule has 0 saturated heterocycles. The highest BCUT2D eigenvalue weighted by Crippen LogP contribution is 2.21. The molecular weight excluding hydrogens is 246 g/mol. The Balaban J connectivity index is 2.24. The summed E-state index contributed by atoms with van der Waals surface area (Å²) in [5, 5.41) is 0. The zero-order chi connectivity index (χ0) is 13.9. The van der Waals surface area contributed by atoms with Crippen LogP contribution in [0.25, 0.3) is 22.9 Å². The van der Waals surface area contributed by atoms with E-state index in [1.54, 1.807) is 6.20 Å². The number of imidazole rings is 1. The number of aromatic nitrogens is 3. The maximum atomic E-state index is 4.70. The quantitative estimate of drug-likeness (QED) is 0.712. The molecule has 20 heavy (non-hydrogen) atoms. The summed E-state index contributed by atoms with van der Waals surface area (Å²) in [4.78, 5) is 9.15. The zero-order valence-corrected chi connectivity index (χ0v) is 11.7. The van der Waals surface area contributed by atoms with Crippen LogP contribution in [0.1, 0.15) is 19.7 Å². The van der Waals surface area contributed by atoms with Crippen molar-refractivity contribution in [3.63, 3.8) is 0 Å². The normalized spacial score (nSPS) is 11.8. The first-order chi connectivity index (χ1) is 9.75. The van der Waals surface area contributed by atoms with E-state index < -0.39 is 0 Å². The summed E-state index contributed by atoms with van der Waals surface area (Å²) in [5.41, 5.74) is 2.07. The highest BCUT2D eigenvalue weighted by Gasteiger charge is 2.10. The van der Waals surface area contributed by atoms with E-state index in [4.69, 9.17) is 4.98 Å². The van der Waals surface area contributed by atoms with Crippen LogP contribution in [0.5, 0.6) is 0 Å². The average Bonchev–Trinajstić information content (AvgIpc) is 2.84. The lowest BCUT2D eigenvalue weighted by molar-refractivity contribution is 0.834. The van der Waals surface area contributed by atoms with Crippen molar-refractivity contribution < 1.29 is 0 Å². The predicted molar refractivity (Wildman–Crippen MR) is 82.7 cm³/mol. The summed E-state index contributed by atoms with van der Waals surface area (Å²) in [6, 6.07) is 14.1. The Labute approximate surface area is 118 Å². The molecule has 3 aromatic rings. The summed E-state index contributed by atoms with van der Waals surface area (Å²) >= 11 is 0. The second-order valence-electron chi connectivity index (χ2n) is 5.09. The van der Waals surface area contributed by atoms with Crippen molar-refractivity contribution in [3.8, 4) is 5.82 Å². The van der Waals surface area contributed by atoms with Gasteiger partial charge in [-0.2, -0.15) is 0 Å². The highest BCUT2D eigenvalue weighted by atomic mass is 15.1. The molecule has 0 atom stereocenters. The summed E-state index contributed by atoms with van der Waals surface area (Å²) in [6.07, 6.45) is 6.03. The minimum absolute atomic E-state index is 0.493. The average molecular weight is 263 g/mol. The molecule has 0 fully saturated rings. The summed E-state index contributed by atoms with van der Waals surface area (Å²) < 4.78 is 2.09. The summed E-state index contributed by atoms with van der Waals surface area (Å²) in [7, 11) is 0. The molecule has 3 rings (SSSR count). The first-order valence-electron chi connectivity index (χ1n) is 6.83. The second-order valence-corrected chi connectivity index (χ2v) is 5.09. The van der Waals surface area contributed by atoms with Crippen LogP contribution < -0.4 is 0 Å². The van der Waals surface area contributed by atoms with Crippen molar-refractivity contribution in [1.29, 1.82) is 0 Å². The SMILES string of the molecule is CC(C)/C=C/c1nc2ccccc2n1-c1ccccn1. The third-order valence-electron chi connectivity index (χ3n) is 3.10. The maximum Gasteiger partial charge on any atom is 0.139 e. The molecule has 0 spiro atoms. The summed E-state index contributed by atoms with van der Waals surface area (Å²) in [6.45, 7) is 4.31. The molecule has 0 aliphatic carbocycles. The molecule has 100 valence electrons. The van der Waals surface area contributed by atoms with Gasteiger partial charge in [0.1, 0.15) is 11.6 Å². The first-order valence-corrected chi connectivity index (χ1v) is 6.83. The number of hydrogen-bond donors (Lipinski definition) is 0. The van der Waals surface area contributed by atoms with E-state index in [0.29, 0.717) is 5.92 Å². The van der Waals surface area contributed by atoms with E-state index in [9.17, 15) is 0 Å². The zero-order valence-electron chi connectivity index (χ0n) is 11.7. The van der Waals surface area contributed by atoms with Gasteiger partial charge in [0.2, 0.25) is 0 Å². The number of para-hydroxylation sites is 2. The van der Waals surface area contributed by atoms with Crippen molar-refractivity contribution in [2.45, 2.75) is 13.8 Å². The molecule has 2 heterocycles. The van der Waals surface area contributed by atoms with E-state index in [1.165, 1.54) is 0 Å². The van der Waals surface area contributed by atoms with Crippen LogP contribution in [0.3, 0.4) is 0 Å². The van der Waals surface area contributed by atoms with Crippen LogP contribution in [-0.2, 0) is 0 Å². The smallest absolute Gasteiger partial charge is 0.139 e. The third kappa shape index (κ3) is 2.35. The number of rotatable bonds is 3. The first kappa shape index (κ1) is 12.6. The molecule has 0 aliphatic rings. The number of nitrogens with zero attached hydrogens (tertiary/aromatic N) is 3. The van der Waals surface area contributed by atoms with Gasteiger partial charge in [-0.15, -0.1) is 0 Å². The van der Waals surface area contributed by atoms with Gasteiger partial charge in [-0.3, -0.25) is 4.57 Å². The van der Waals surface area contributed by atoms with Gasteiger partial charge in [-0.25, -0.2) is 9.97 Å². The lowest BCUT2D eigenvalue weighted by atomic mass is 10.2. The third-order valence-corrected chi connectivity index (χ3v) is 3.10. The van der Waals surface area contributed by atoms with Crippen LogP contribution in [0.2, 0.25) is 0 Å². The van der Waals surface area contributed by atoms with Gasteiger partial charge in [0.05, 0.1) is 11.0 Å². The molecule has 0 saturated carbocycles. The Kier molecular flexibility index (Phi) is 3.33. The van der Waals surface area contributed by atoms with E-state index in [1.807, 2.05) is 36.4 Å². The number of allylic oxidation sites excluding steroid dienone is 1. The number of pyridine rings is 1. The van der Waals surface area contributed by atoms with Gasteiger partial charge in [0, 0.05) is 6.20 Å². The Morgan fingerprint density at radius 2 is 1.85 bits per heavy atom. The highest BCUT2D eigenvalue weighted by molar-refractivity contribution is 5.79. The van der Waals surface area contributed by atoms with Crippen molar-refractivity contribution in [2.75, 3.05) is 0 Å². The van der Waals surface area contributed by atoms with E-state index in [0.717, 1.165) is 22.7 Å². The van der Waals surface area contributed by atoms with Gasteiger partial charge in [0.25, 0.3) is 0 Å². The van der Waals surface area contributed by atoms with Crippen LogP contribution in [0.4, 0.5) is 0 Å². The Morgan fingerprint density at radius 3 is 2.60 bits per heavy atom. The van der Waals surface area contributed by atoms with Crippen LogP contribution in [0.15, 0.2) is 54.7 Å². The van der Waals surface area contributed by atoms with Crippen molar-refractivity contribution in [2.24, 2.45) is 5.92 Å². The largest absolute Gasteiger partial charge is 0.277 e. The van der Waals surface area contributed by atoms with Crippen molar-refractivity contribution in [1.82, 2.24) is 14.5 Å². The molecular formula is C17H17N3. The van der Waals surface area contributed by atoms with Crippen LogP contribution >= 0.6 is 0 Å². The minimum Gasteiger partial charge on any atom is -0.277 e. The molecule has 0 amide bonds. The Bertz CT molecular complexity index is 739. The monoisotopic (exact) mass is 263 g/mol. The number of hydrogen-bond acceptors (Lipinski definition) is 2. The molecule has 0 radical (unpaired) electrons.